The van der Waals surface area contributed by atoms with Gasteiger partial charge in [-0.2, -0.15) is 0 Å². The van der Waals surface area contributed by atoms with E-state index >= 15 is 0 Å². The Bertz CT molecular complexity index is 793. The van der Waals surface area contributed by atoms with Crippen LogP contribution < -0.4 is 10.2 Å². The third-order valence-electron chi connectivity index (χ3n) is 6.73. The van der Waals surface area contributed by atoms with E-state index in [0.29, 0.717) is 12.0 Å². The van der Waals surface area contributed by atoms with Crippen molar-refractivity contribution in [3.05, 3.63) is 46.0 Å². The Hall–Kier alpha value is -1.95. The molecule has 1 aliphatic heterocycles. The van der Waals surface area contributed by atoms with Gasteiger partial charge in [0.1, 0.15) is 0 Å². The van der Waals surface area contributed by atoms with E-state index in [1.807, 2.05) is 6.07 Å². The summed E-state index contributed by atoms with van der Waals surface area (Å²) in [5, 5.41) is 15.4. The lowest BCUT2D eigenvalue weighted by Gasteiger charge is -2.34. The zero-order valence-electron chi connectivity index (χ0n) is 13.9. The van der Waals surface area contributed by atoms with E-state index in [2.05, 4.69) is 22.4 Å². The van der Waals surface area contributed by atoms with Gasteiger partial charge in [-0.1, -0.05) is 12.2 Å². The van der Waals surface area contributed by atoms with Gasteiger partial charge in [0.2, 0.25) is 0 Å². The molecule has 5 nitrogen and oxygen atoms in total. The van der Waals surface area contributed by atoms with Gasteiger partial charge in [-0.3, -0.25) is 10.1 Å². The molecule has 0 spiro atoms. The molecule has 0 saturated heterocycles. The Morgan fingerprint density at radius 3 is 3.04 bits per heavy atom. The highest BCUT2D eigenvalue weighted by Crippen LogP contribution is 2.56. The van der Waals surface area contributed by atoms with Gasteiger partial charge in [-0.15, -0.1) is 0 Å². The number of nitrogens with one attached hydrogen (secondary N) is 1. The number of allylic oxidation sites excluding steroid dienone is 2. The highest BCUT2D eigenvalue weighted by Gasteiger charge is 2.52. The first kappa shape index (κ1) is 15.3. The molecule has 1 heterocycles. The standard InChI is InChI=1S/C19H21N3O2S/c23-22(24)13-4-5-18-11(8-13)6-7-21(18)19(25)20-17-10-12-9-16(17)15-3-1-2-14(12)15/h1,3-5,8,12,14-17H,2,6-7,9-10H2,(H,20,25)/t12-,14+,15-,16-,17+/m1/s1. The normalized spacial score (nSPS) is 34.2. The maximum Gasteiger partial charge on any atom is 0.269 e. The van der Waals surface area contributed by atoms with Crippen LogP contribution in [0.1, 0.15) is 24.8 Å². The number of nitrogens with zero attached hydrogens (tertiary/aromatic N) is 2. The van der Waals surface area contributed by atoms with E-state index in [0.717, 1.165) is 47.1 Å². The number of fused-ring (bicyclic) bond motifs is 6. The molecule has 0 amide bonds. The van der Waals surface area contributed by atoms with E-state index in [1.54, 1.807) is 12.1 Å². The molecule has 0 radical (unpaired) electrons. The minimum Gasteiger partial charge on any atom is -0.359 e. The fourth-order valence-corrected chi connectivity index (χ4v) is 6.00. The lowest BCUT2D eigenvalue weighted by Crippen LogP contribution is -2.48. The van der Waals surface area contributed by atoms with Gasteiger partial charge in [-0.05, 0) is 73.2 Å². The Morgan fingerprint density at radius 2 is 2.20 bits per heavy atom. The monoisotopic (exact) mass is 355 g/mol. The van der Waals surface area contributed by atoms with E-state index < -0.39 is 0 Å². The molecule has 1 N–H and O–H groups in total. The number of non-ortho nitro benzene ring substituents is 1. The number of rotatable bonds is 2. The first-order chi connectivity index (χ1) is 12.1. The van der Waals surface area contributed by atoms with Crippen LogP contribution in [0.3, 0.4) is 0 Å². The van der Waals surface area contributed by atoms with Crippen molar-refractivity contribution in [3.63, 3.8) is 0 Å². The van der Waals surface area contributed by atoms with Gasteiger partial charge < -0.3 is 10.2 Å². The molecular formula is C19H21N3O2S. The zero-order valence-corrected chi connectivity index (χ0v) is 14.7. The Balaban J connectivity index is 1.31. The summed E-state index contributed by atoms with van der Waals surface area (Å²) >= 11 is 5.71. The minimum absolute atomic E-state index is 0.159. The number of hydrogen-bond acceptors (Lipinski definition) is 3. The molecular weight excluding hydrogens is 334 g/mol. The summed E-state index contributed by atoms with van der Waals surface area (Å²) in [6, 6.07) is 5.57. The average molecular weight is 355 g/mol. The van der Waals surface area contributed by atoms with Crippen molar-refractivity contribution in [2.24, 2.45) is 23.7 Å². The molecule has 6 heteroatoms. The molecule has 2 saturated carbocycles. The average Bonchev–Trinajstić information content (AvgIpc) is 3.34. The molecule has 4 aliphatic rings. The van der Waals surface area contributed by atoms with Crippen LogP contribution in [-0.2, 0) is 6.42 Å². The molecule has 5 atom stereocenters. The van der Waals surface area contributed by atoms with E-state index in [-0.39, 0.29) is 10.6 Å². The second-order valence-electron chi connectivity index (χ2n) is 7.83. The maximum absolute atomic E-state index is 11.0. The molecule has 25 heavy (non-hydrogen) atoms. The predicted molar refractivity (Wildman–Crippen MR) is 101 cm³/mol. The molecule has 3 aliphatic carbocycles. The highest BCUT2D eigenvalue weighted by atomic mass is 32.1. The molecule has 5 rings (SSSR count). The summed E-state index contributed by atoms with van der Waals surface area (Å²) in [7, 11) is 0. The molecule has 0 aromatic heterocycles. The second-order valence-corrected chi connectivity index (χ2v) is 8.21. The summed E-state index contributed by atoms with van der Waals surface area (Å²) < 4.78 is 0. The van der Waals surface area contributed by atoms with Gasteiger partial charge in [0, 0.05) is 30.4 Å². The smallest absolute Gasteiger partial charge is 0.269 e. The van der Waals surface area contributed by atoms with Gasteiger partial charge >= 0.3 is 0 Å². The lowest BCUT2D eigenvalue weighted by atomic mass is 9.79. The number of hydrogen-bond donors (Lipinski definition) is 1. The molecule has 2 fully saturated rings. The third kappa shape index (κ3) is 2.30. The summed E-state index contributed by atoms with van der Waals surface area (Å²) in [6.45, 7) is 0.801. The molecule has 0 unspecified atom stereocenters. The number of benzene rings is 1. The van der Waals surface area contributed by atoms with Gasteiger partial charge in [-0.25, -0.2) is 0 Å². The maximum atomic E-state index is 11.0. The van der Waals surface area contributed by atoms with E-state index in [9.17, 15) is 10.1 Å². The van der Waals surface area contributed by atoms with Gasteiger partial charge in [0.25, 0.3) is 5.69 Å². The number of anilines is 1. The zero-order chi connectivity index (χ0) is 17.1. The fraction of sp³-hybridized carbons (Fsp3) is 0.526. The van der Waals surface area contributed by atoms with Crippen LogP contribution in [0.25, 0.3) is 0 Å². The topological polar surface area (TPSA) is 58.4 Å². The van der Waals surface area contributed by atoms with Crippen LogP contribution >= 0.6 is 12.2 Å². The third-order valence-corrected chi connectivity index (χ3v) is 7.07. The minimum atomic E-state index is -0.333. The van der Waals surface area contributed by atoms with Crippen LogP contribution in [0.2, 0.25) is 0 Å². The Morgan fingerprint density at radius 1 is 1.32 bits per heavy atom. The predicted octanol–water partition coefficient (Wildman–Crippen LogP) is 3.43. The van der Waals surface area contributed by atoms with Crippen LogP contribution in [0.4, 0.5) is 11.4 Å². The van der Waals surface area contributed by atoms with Crippen molar-refractivity contribution >= 4 is 28.7 Å². The van der Waals surface area contributed by atoms with Crippen LogP contribution in [0.15, 0.2) is 30.4 Å². The Labute approximate surface area is 152 Å². The van der Waals surface area contributed by atoms with Crippen molar-refractivity contribution in [1.29, 1.82) is 0 Å². The number of nitro groups is 1. The highest BCUT2D eigenvalue weighted by molar-refractivity contribution is 7.80. The molecule has 130 valence electrons. The van der Waals surface area contributed by atoms with Crippen LogP contribution in [0, 0.1) is 33.8 Å². The summed E-state index contributed by atoms with van der Waals surface area (Å²) in [4.78, 5) is 12.7. The van der Waals surface area contributed by atoms with Gasteiger partial charge in [0.05, 0.1) is 4.92 Å². The second kappa shape index (κ2) is 5.53. The lowest BCUT2D eigenvalue weighted by molar-refractivity contribution is -0.384. The van der Waals surface area contributed by atoms with Crippen molar-refractivity contribution in [2.75, 3.05) is 11.4 Å². The van der Waals surface area contributed by atoms with Crippen LogP contribution in [-0.4, -0.2) is 22.6 Å². The molecule has 1 aromatic rings. The first-order valence-corrected chi connectivity index (χ1v) is 9.54. The fourth-order valence-electron chi connectivity index (χ4n) is 5.66. The van der Waals surface area contributed by atoms with Crippen molar-refractivity contribution in [2.45, 2.75) is 31.7 Å². The SMILES string of the molecule is O=[N+]([O-])c1ccc2c(c1)CCN2C(=S)N[C@H]1C[C@H]2C[C@@H]1[C@@H]1C=CC[C@@H]21. The van der Waals surface area contributed by atoms with Crippen LogP contribution in [0.5, 0.6) is 0 Å². The molecule has 1 aromatic carbocycles. The summed E-state index contributed by atoms with van der Waals surface area (Å²) in [5.41, 5.74) is 2.20. The van der Waals surface area contributed by atoms with E-state index in [1.165, 1.54) is 19.3 Å². The number of thiocarbonyl (C=S) groups is 1. The summed E-state index contributed by atoms with van der Waals surface area (Å²) in [5.74, 6) is 3.18. The Kier molecular flexibility index (Phi) is 3.39. The quantitative estimate of drug-likeness (QED) is 0.381. The first-order valence-electron chi connectivity index (χ1n) is 9.14. The summed E-state index contributed by atoms with van der Waals surface area (Å²) in [6.07, 6.45) is 9.43. The number of nitro benzene ring substituents is 1. The largest absolute Gasteiger partial charge is 0.359 e. The van der Waals surface area contributed by atoms with Crippen molar-refractivity contribution in [3.8, 4) is 0 Å². The molecule has 2 bridgehead atoms. The van der Waals surface area contributed by atoms with Gasteiger partial charge in [0.15, 0.2) is 5.11 Å². The van der Waals surface area contributed by atoms with E-state index in [4.69, 9.17) is 12.2 Å². The van der Waals surface area contributed by atoms with Crippen molar-refractivity contribution < 1.29 is 4.92 Å². The van der Waals surface area contributed by atoms with Crippen molar-refractivity contribution in [1.82, 2.24) is 5.32 Å².